The van der Waals surface area contributed by atoms with Crippen LogP contribution in [0.3, 0.4) is 0 Å². The Kier molecular flexibility index (Phi) is 5.09. The minimum Gasteiger partial charge on any atom is -0.491 e. The third kappa shape index (κ3) is 3.62. The van der Waals surface area contributed by atoms with E-state index in [9.17, 15) is 21.2 Å². The number of nitrogens with zero attached hydrogens (tertiary/aromatic N) is 1. The number of hydrogen-bond acceptors (Lipinski definition) is 6. The van der Waals surface area contributed by atoms with E-state index in [1.54, 1.807) is 19.1 Å². The third-order valence-corrected chi connectivity index (χ3v) is 7.92. The number of hydrogen-bond donors (Lipinski definition) is 0. The average Bonchev–Trinajstić information content (AvgIpc) is 2.99. The van der Waals surface area contributed by atoms with Crippen molar-refractivity contribution < 1.29 is 30.4 Å². The van der Waals surface area contributed by atoms with E-state index in [2.05, 4.69) is 0 Å². The van der Waals surface area contributed by atoms with E-state index in [0.717, 1.165) is 10.4 Å². The molecule has 142 valence electrons. The maximum Gasteiger partial charge on any atom is 0.243 e. The van der Waals surface area contributed by atoms with Crippen LogP contribution in [0, 0.1) is 5.82 Å². The minimum atomic E-state index is -3.96. The van der Waals surface area contributed by atoms with Crippen LogP contribution < -0.4 is 4.74 Å². The first kappa shape index (κ1) is 18.9. The number of ether oxygens (including phenoxy) is 1. The standard InChI is InChI=1S/C16H18FNO6S2/c1-2-23-16-6-5-13(8-15(16)17)26(21,22)18-9-14(10-18)25(19,20)11-12-4-3-7-24-12/h3-8,14H,2,9-11H2,1H3. The molecule has 0 aliphatic carbocycles. The van der Waals surface area contributed by atoms with E-state index in [1.807, 2.05) is 0 Å². The van der Waals surface area contributed by atoms with Crippen molar-refractivity contribution in [3.8, 4) is 5.75 Å². The molecule has 0 N–H and O–H groups in total. The van der Waals surface area contributed by atoms with Crippen molar-refractivity contribution in [3.63, 3.8) is 0 Å². The largest absolute Gasteiger partial charge is 0.491 e. The number of sulfone groups is 1. The first-order valence-corrected chi connectivity index (χ1v) is 11.1. The van der Waals surface area contributed by atoms with Gasteiger partial charge in [-0.25, -0.2) is 21.2 Å². The normalized spacial score (nSPS) is 16.4. The van der Waals surface area contributed by atoms with Gasteiger partial charge in [0.1, 0.15) is 11.5 Å². The van der Waals surface area contributed by atoms with E-state index in [-0.39, 0.29) is 36.1 Å². The van der Waals surface area contributed by atoms with Gasteiger partial charge in [0.25, 0.3) is 0 Å². The highest BCUT2D eigenvalue weighted by atomic mass is 32.2. The van der Waals surface area contributed by atoms with Crippen LogP contribution in [0.25, 0.3) is 0 Å². The van der Waals surface area contributed by atoms with Crippen molar-refractivity contribution in [1.29, 1.82) is 0 Å². The monoisotopic (exact) mass is 403 g/mol. The molecule has 1 fully saturated rings. The molecule has 0 radical (unpaired) electrons. The molecule has 7 nitrogen and oxygen atoms in total. The average molecular weight is 403 g/mol. The Labute approximate surface area is 151 Å². The van der Waals surface area contributed by atoms with Gasteiger partial charge in [-0.1, -0.05) is 0 Å². The van der Waals surface area contributed by atoms with Gasteiger partial charge in [0, 0.05) is 13.1 Å². The number of sulfonamides is 1. The van der Waals surface area contributed by atoms with Crippen LogP contribution in [0.2, 0.25) is 0 Å². The van der Waals surface area contributed by atoms with Gasteiger partial charge in [0.15, 0.2) is 21.4 Å². The van der Waals surface area contributed by atoms with E-state index in [1.165, 1.54) is 18.4 Å². The van der Waals surface area contributed by atoms with Crippen LogP contribution in [0.5, 0.6) is 5.75 Å². The van der Waals surface area contributed by atoms with Gasteiger partial charge in [-0.05, 0) is 37.3 Å². The number of furan rings is 1. The van der Waals surface area contributed by atoms with Gasteiger partial charge in [0.2, 0.25) is 10.0 Å². The van der Waals surface area contributed by atoms with Gasteiger partial charge in [-0.3, -0.25) is 0 Å². The van der Waals surface area contributed by atoms with Gasteiger partial charge in [0.05, 0.1) is 23.0 Å². The van der Waals surface area contributed by atoms with Gasteiger partial charge >= 0.3 is 0 Å². The summed E-state index contributed by atoms with van der Waals surface area (Å²) in [4.78, 5) is -0.236. The van der Waals surface area contributed by atoms with Gasteiger partial charge < -0.3 is 9.15 Å². The summed E-state index contributed by atoms with van der Waals surface area (Å²) in [6.07, 6.45) is 1.38. The zero-order valence-corrected chi connectivity index (χ0v) is 15.6. The Morgan fingerprint density at radius 1 is 1.23 bits per heavy atom. The number of rotatable bonds is 7. The van der Waals surface area contributed by atoms with Crippen LogP contribution in [0.15, 0.2) is 45.9 Å². The van der Waals surface area contributed by atoms with Gasteiger partial charge in [-0.2, -0.15) is 4.31 Å². The second-order valence-corrected chi connectivity index (χ2v) is 10.1. The SMILES string of the molecule is CCOc1ccc(S(=O)(=O)N2CC(S(=O)(=O)Cc3ccco3)C2)cc1F. The summed E-state index contributed by atoms with van der Waals surface area (Å²) in [5.41, 5.74) is 0. The molecule has 1 aliphatic rings. The molecule has 3 rings (SSSR count). The molecular weight excluding hydrogens is 385 g/mol. The summed E-state index contributed by atoms with van der Waals surface area (Å²) in [5, 5.41) is -0.810. The first-order valence-electron chi connectivity index (χ1n) is 7.90. The summed E-state index contributed by atoms with van der Waals surface area (Å²) in [6, 6.07) is 6.51. The van der Waals surface area contributed by atoms with Crippen LogP contribution in [-0.2, 0) is 25.6 Å². The molecule has 2 heterocycles. The summed E-state index contributed by atoms with van der Waals surface area (Å²) >= 11 is 0. The molecule has 1 aliphatic heterocycles. The fourth-order valence-corrected chi connectivity index (χ4v) is 5.94. The van der Waals surface area contributed by atoms with E-state index in [0.29, 0.717) is 5.76 Å². The highest BCUT2D eigenvalue weighted by molar-refractivity contribution is 7.92. The van der Waals surface area contributed by atoms with E-state index in [4.69, 9.17) is 9.15 Å². The molecule has 0 bridgehead atoms. The molecule has 1 aromatic heterocycles. The molecule has 0 unspecified atom stereocenters. The van der Waals surface area contributed by atoms with E-state index >= 15 is 0 Å². The summed E-state index contributed by atoms with van der Waals surface area (Å²) in [6.45, 7) is 1.61. The Morgan fingerprint density at radius 3 is 2.54 bits per heavy atom. The minimum absolute atomic E-state index is 0.0334. The summed E-state index contributed by atoms with van der Waals surface area (Å²) in [7, 11) is -7.50. The molecular formula is C16H18FNO6S2. The molecule has 0 spiro atoms. The predicted molar refractivity (Wildman–Crippen MR) is 91.4 cm³/mol. The van der Waals surface area contributed by atoms with Crippen molar-refractivity contribution in [2.24, 2.45) is 0 Å². The van der Waals surface area contributed by atoms with Crippen molar-refractivity contribution >= 4 is 19.9 Å². The summed E-state index contributed by atoms with van der Waals surface area (Å²) < 4.78 is 74.7. The van der Waals surface area contributed by atoms with Crippen LogP contribution in [-0.4, -0.2) is 46.1 Å². The predicted octanol–water partition coefficient (Wildman–Crippen LogP) is 1.81. The zero-order chi connectivity index (χ0) is 18.9. The fraction of sp³-hybridized carbons (Fsp3) is 0.375. The lowest BCUT2D eigenvalue weighted by atomic mass is 10.3. The van der Waals surface area contributed by atoms with Crippen LogP contribution in [0.1, 0.15) is 12.7 Å². The molecule has 0 atom stereocenters. The molecule has 0 saturated carbocycles. The topological polar surface area (TPSA) is 93.9 Å². The Bertz CT molecular complexity index is 980. The highest BCUT2D eigenvalue weighted by Crippen LogP contribution is 2.29. The third-order valence-electron chi connectivity index (χ3n) is 4.09. The Hall–Kier alpha value is -1.91. The molecule has 1 aromatic carbocycles. The maximum absolute atomic E-state index is 13.9. The van der Waals surface area contributed by atoms with Crippen molar-refractivity contribution in [2.75, 3.05) is 19.7 Å². The van der Waals surface area contributed by atoms with Crippen molar-refractivity contribution in [2.45, 2.75) is 22.8 Å². The molecule has 0 amide bonds. The first-order chi connectivity index (χ1) is 12.2. The fourth-order valence-electron chi connectivity index (χ4n) is 2.60. The Morgan fingerprint density at radius 2 is 1.96 bits per heavy atom. The molecule has 10 heteroatoms. The lowest BCUT2D eigenvalue weighted by Crippen LogP contribution is -2.56. The van der Waals surface area contributed by atoms with Gasteiger partial charge in [-0.15, -0.1) is 0 Å². The second kappa shape index (κ2) is 7.01. The highest BCUT2D eigenvalue weighted by Gasteiger charge is 2.43. The lowest BCUT2D eigenvalue weighted by Gasteiger charge is -2.37. The smallest absolute Gasteiger partial charge is 0.243 e. The van der Waals surface area contributed by atoms with Crippen molar-refractivity contribution in [1.82, 2.24) is 4.31 Å². The van der Waals surface area contributed by atoms with E-state index < -0.39 is 30.9 Å². The molecule has 26 heavy (non-hydrogen) atoms. The van der Waals surface area contributed by atoms with Crippen LogP contribution in [0.4, 0.5) is 4.39 Å². The molecule has 2 aromatic rings. The summed E-state index contributed by atoms with van der Waals surface area (Å²) in [5.74, 6) is -0.791. The molecule has 1 saturated heterocycles. The number of halogens is 1. The van der Waals surface area contributed by atoms with Crippen LogP contribution >= 0.6 is 0 Å². The number of benzene rings is 1. The quantitative estimate of drug-likeness (QED) is 0.700. The van der Waals surface area contributed by atoms with Crippen molar-refractivity contribution in [3.05, 3.63) is 48.2 Å². The second-order valence-electron chi connectivity index (χ2n) is 5.86. The lowest BCUT2D eigenvalue weighted by molar-refractivity contribution is 0.308. The maximum atomic E-state index is 13.9. The zero-order valence-electron chi connectivity index (χ0n) is 14.0. The Balaban J connectivity index is 1.70.